The number of hydrogen-bond donors (Lipinski definition) is 1. The second-order valence-corrected chi connectivity index (χ2v) is 5.30. The summed E-state index contributed by atoms with van der Waals surface area (Å²) in [5.74, 6) is 0.846. The summed E-state index contributed by atoms with van der Waals surface area (Å²) in [5, 5.41) is 12.1. The lowest BCUT2D eigenvalue weighted by molar-refractivity contribution is 0.474. The number of rotatable bonds is 1. The molecule has 3 nitrogen and oxygen atoms in total. The van der Waals surface area contributed by atoms with Crippen LogP contribution in [0.4, 0.5) is 0 Å². The summed E-state index contributed by atoms with van der Waals surface area (Å²) >= 11 is 6.01. The SMILES string of the molecule is Oc1ccc2cc(-c3ccc4ccc(Cl)cc4n3)oc2c1. The van der Waals surface area contributed by atoms with E-state index in [9.17, 15) is 5.11 Å². The molecule has 0 saturated carbocycles. The molecule has 0 unspecified atom stereocenters. The zero-order valence-electron chi connectivity index (χ0n) is 10.9. The molecular weight excluding hydrogens is 286 g/mol. The Morgan fingerprint density at radius 3 is 2.62 bits per heavy atom. The van der Waals surface area contributed by atoms with Gasteiger partial charge in [-0.15, -0.1) is 0 Å². The third-order valence-corrected chi connectivity index (χ3v) is 3.65. The minimum atomic E-state index is 0.182. The molecule has 1 N–H and O–H groups in total. The van der Waals surface area contributed by atoms with Gasteiger partial charge < -0.3 is 9.52 Å². The first-order valence-electron chi connectivity index (χ1n) is 6.48. The van der Waals surface area contributed by atoms with E-state index in [4.69, 9.17) is 16.0 Å². The smallest absolute Gasteiger partial charge is 0.153 e. The van der Waals surface area contributed by atoms with Crippen LogP contribution in [0.1, 0.15) is 0 Å². The van der Waals surface area contributed by atoms with Crippen molar-refractivity contribution >= 4 is 33.5 Å². The Hall–Kier alpha value is -2.52. The third kappa shape index (κ3) is 2.12. The average Bonchev–Trinajstić information content (AvgIpc) is 2.89. The maximum Gasteiger partial charge on any atom is 0.153 e. The van der Waals surface area contributed by atoms with Crippen molar-refractivity contribution in [3.8, 4) is 17.2 Å². The molecular formula is C17H10ClNO2. The summed E-state index contributed by atoms with van der Waals surface area (Å²) in [6.45, 7) is 0. The molecule has 0 bridgehead atoms. The van der Waals surface area contributed by atoms with Gasteiger partial charge in [0.15, 0.2) is 5.76 Å². The number of phenols is 1. The van der Waals surface area contributed by atoms with Gasteiger partial charge >= 0.3 is 0 Å². The van der Waals surface area contributed by atoms with Gasteiger partial charge in [0.05, 0.1) is 5.52 Å². The number of hydrogen-bond acceptors (Lipinski definition) is 3. The Bertz CT molecular complexity index is 975. The second kappa shape index (κ2) is 4.50. The number of halogens is 1. The highest BCUT2D eigenvalue weighted by Gasteiger charge is 2.09. The second-order valence-electron chi connectivity index (χ2n) is 4.87. The van der Waals surface area contributed by atoms with Crippen LogP contribution >= 0.6 is 11.6 Å². The van der Waals surface area contributed by atoms with Crippen LogP contribution in [0.2, 0.25) is 5.02 Å². The molecule has 4 aromatic rings. The maximum atomic E-state index is 9.49. The van der Waals surface area contributed by atoms with E-state index in [0.29, 0.717) is 16.4 Å². The van der Waals surface area contributed by atoms with E-state index in [1.165, 1.54) is 0 Å². The van der Waals surface area contributed by atoms with Crippen LogP contribution in [-0.4, -0.2) is 10.1 Å². The van der Waals surface area contributed by atoms with Gasteiger partial charge in [-0.3, -0.25) is 0 Å². The van der Waals surface area contributed by atoms with Crippen molar-refractivity contribution < 1.29 is 9.52 Å². The summed E-state index contributed by atoms with van der Waals surface area (Å²) < 4.78 is 5.76. The topological polar surface area (TPSA) is 46.3 Å². The zero-order valence-corrected chi connectivity index (χ0v) is 11.6. The molecule has 0 aliphatic heterocycles. The number of nitrogens with zero attached hydrogens (tertiary/aromatic N) is 1. The standard InChI is InChI=1S/C17H10ClNO2/c18-12-4-1-10-3-6-14(19-15(10)8-12)17-7-11-2-5-13(20)9-16(11)21-17/h1-9,20H. The minimum Gasteiger partial charge on any atom is -0.508 e. The number of benzene rings is 2. The molecule has 0 spiro atoms. The van der Waals surface area contributed by atoms with Crippen LogP contribution in [0.15, 0.2) is 59.0 Å². The molecule has 2 heterocycles. The lowest BCUT2D eigenvalue weighted by Crippen LogP contribution is -1.83. The molecule has 102 valence electrons. The molecule has 0 atom stereocenters. The summed E-state index contributed by atoms with van der Waals surface area (Å²) in [6, 6.07) is 16.5. The van der Waals surface area contributed by atoms with Crippen LogP contribution < -0.4 is 0 Å². The molecule has 0 aliphatic rings. The molecule has 0 aliphatic carbocycles. The van der Waals surface area contributed by atoms with Crippen LogP contribution in [0.5, 0.6) is 5.75 Å². The van der Waals surface area contributed by atoms with Gasteiger partial charge in [-0.25, -0.2) is 4.98 Å². The predicted octanol–water partition coefficient (Wildman–Crippen LogP) is 5.01. The maximum absolute atomic E-state index is 9.49. The fourth-order valence-corrected chi connectivity index (χ4v) is 2.54. The Morgan fingerprint density at radius 1 is 0.905 bits per heavy atom. The molecule has 4 rings (SSSR count). The Balaban J connectivity index is 1.90. The first kappa shape index (κ1) is 12.2. The van der Waals surface area contributed by atoms with Crippen molar-refractivity contribution in [2.75, 3.05) is 0 Å². The van der Waals surface area contributed by atoms with Gasteiger partial charge in [0.25, 0.3) is 0 Å². The van der Waals surface area contributed by atoms with Crippen LogP contribution in [-0.2, 0) is 0 Å². The van der Waals surface area contributed by atoms with E-state index < -0.39 is 0 Å². The zero-order chi connectivity index (χ0) is 14.4. The largest absolute Gasteiger partial charge is 0.508 e. The summed E-state index contributed by atoms with van der Waals surface area (Å²) in [6.07, 6.45) is 0. The number of aromatic hydroxyl groups is 1. The van der Waals surface area contributed by atoms with Gasteiger partial charge in [0.1, 0.15) is 17.0 Å². The molecule has 2 aromatic heterocycles. The average molecular weight is 296 g/mol. The number of phenolic OH excluding ortho intramolecular Hbond substituents is 1. The van der Waals surface area contributed by atoms with Gasteiger partial charge in [0, 0.05) is 21.9 Å². The lowest BCUT2D eigenvalue weighted by atomic mass is 10.2. The molecule has 21 heavy (non-hydrogen) atoms. The lowest BCUT2D eigenvalue weighted by Gasteiger charge is -2.00. The van der Waals surface area contributed by atoms with E-state index >= 15 is 0 Å². The first-order chi connectivity index (χ1) is 10.2. The molecule has 0 amide bonds. The van der Waals surface area contributed by atoms with Gasteiger partial charge in [-0.05, 0) is 36.4 Å². The van der Waals surface area contributed by atoms with E-state index in [0.717, 1.165) is 22.0 Å². The Labute approximate surface area is 125 Å². The molecule has 0 saturated heterocycles. The third-order valence-electron chi connectivity index (χ3n) is 3.41. The van der Waals surface area contributed by atoms with Crippen LogP contribution in [0, 0.1) is 0 Å². The predicted molar refractivity (Wildman–Crippen MR) is 83.6 cm³/mol. The quantitative estimate of drug-likeness (QED) is 0.537. The van der Waals surface area contributed by atoms with E-state index in [1.54, 1.807) is 12.1 Å². The Morgan fingerprint density at radius 2 is 1.71 bits per heavy atom. The van der Waals surface area contributed by atoms with Gasteiger partial charge in [0.2, 0.25) is 0 Å². The molecule has 2 aromatic carbocycles. The van der Waals surface area contributed by atoms with Crippen molar-refractivity contribution in [3.05, 3.63) is 59.6 Å². The van der Waals surface area contributed by atoms with Crippen molar-refractivity contribution in [1.29, 1.82) is 0 Å². The van der Waals surface area contributed by atoms with E-state index in [2.05, 4.69) is 4.98 Å². The molecule has 0 radical (unpaired) electrons. The number of pyridine rings is 1. The Kier molecular flexibility index (Phi) is 2.62. The van der Waals surface area contributed by atoms with Crippen LogP contribution in [0.25, 0.3) is 33.3 Å². The first-order valence-corrected chi connectivity index (χ1v) is 6.86. The normalized spacial score (nSPS) is 11.3. The van der Waals surface area contributed by atoms with Gasteiger partial charge in [-0.2, -0.15) is 0 Å². The molecule has 4 heteroatoms. The highest BCUT2D eigenvalue weighted by atomic mass is 35.5. The van der Waals surface area contributed by atoms with Crippen molar-refractivity contribution in [2.45, 2.75) is 0 Å². The highest BCUT2D eigenvalue weighted by molar-refractivity contribution is 6.31. The monoisotopic (exact) mass is 295 g/mol. The van der Waals surface area contributed by atoms with E-state index in [1.807, 2.05) is 42.5 Å². The number of furan rings is 1. The fourth-order valence-electron chi connectivity index (χ4n) is 2.37. The molecule has 0 fully saturated rings. The van der Waals surface area contributed by atoms with E-state index in [-0.39, 0.29) is 5.75 Å². The highest BCUT2D eigenvalue weighted by Crippen LogP contribution is 2.30. The van der Waals surface area contributed by atoms with Crippen molar-refractivity contribution in [1.82, 2.24) is 4.98 Å². The summed E-state index contributed by atoms with van der Waals surface area (Å²) in [5.41, 5.74) is 2.20. The van der Waals surface area contributed by atoms with Crippen LogP contribution in [0.3, 0.4) is 0 Å². The number of aromatic nitrogens is 1. The van der Waals surface area contributed by atoms with Gasteiger partial charge in [-0.1, -0.05) is 23.7 Å². The summed E-state index contributed by atoms with van der Waals surface area (Å²) in [4.78, 5) is 4.58. The minimum absolute atomic E-state index is 0.182. The fraction of sp³-hybridized carbons (Fsp3) is 0. The van der Waals surface area contributed by atoms with Crippen molar-refractivity contribution in [2.24, 2.45) is 0 Å². The number of fused-ring (bicyclic) bond motifs is 2. The summed E-state index contributed by atoms with van der Waals surface area (Å²) in [7, 11) is 0. The van der Waals surface area contributed by atoms with Crippen molar-refractivity contribution in [3.63, 3.8) is 0 Å².